The summed E-state index contributed by atoms with van der Waals surface area (Å²) in [5, 5.41) is 2.74. The number of anilines is 1. The van der Waals surface area contributed by atoms with Gasteiger partial charge in [-0.15, -0.1) is 0 Å². The van der Waals surface area contributed by atoms with Crippen LogP contribution in [0.25, 0.3) is 0 Å². The topological polar surface area (TPSA) is 67.9 Å². The Bertz CT molecular complexity index is 740. The summed E-state index contributed by atoms with van der Waals surface area (Å²) in [7, 11) is 1.54. The molecule has 0 bridgehead atoms. The molecule has 0 spiro atoms. The molecule has 2 amide bonds. The Kier molecular flexibility index (Phi) is 7.02. The third-order valence-electron chi connectivity index (χ3n) is 3.89. The average molecular weight is 356 g/mol. The predicted molar refractivity (Wildman–Crippen MR) is 101 cm³/mol. The number of methoxy groups -OCH3 is 1. The molecule has 1 N–H and O–H groups in total. The highest BCUT2D eigenvalue weighted by molar-refractivity contribution is 5.96. The van der Waals surface area contributed by atoms with E-state index in [4.69, 9.17) is 9.47 Å². The smallest absolute Gasteiger partial charge is 0.262 e. The number of carbonyl (C=O) groups excluding carboxylic acids is 2. The monoisotopic (exact) mass is 356 g/mol. The molecule has 0 fully saturated rings. The van der Waals surface area contributed by atoms with E-state index < -0.39 is 0 Å². The van der Waals surface area contributed by atoms with Crippen molar-refractivity contribution in [1.29, 1.82) is 0 Å². The fraction of sp³-hybridized carbons (Fsp3) is 0.300. The summed E-state index contributed by atoms with van der Waals surface area (Å²) in [4.78, 5) is 26.1. The largest absolute Gasteiger partial charge is 0.493 e. The van der Waals surface area contributed by atoms with E-state index in [1.807, 2.05) is 19.9 Å². The van der Waals surface area contributed by atoms with Gasteiger partial charge < -0.3 is 19.7 Å². The number of hydrogen-bond acceptors (Lipinski definition) is 4. The number of benzene rings is 2. The fourth-order valence-corrected chi connectivity index (χ4v) is 2.47. The van der Waals surface area contributed by atoms with Crippen LogP contribution in [0.5, 0.6) is 11.5 Å². The maximum Gasteiger partial charge on any atom is 0.262 e. The lowest BCUT2D eigenvalue weighted by Crippen LogP contribution is -2.30. The summed E-state index contributed by atoms with van der Waals surface area (Å²) in [6.07, 6.45) is 0. The molecule has 2 aromatic rings. The maximum atomic E-state index is 12.3. The summed E-state index contributed by atoms with van der Waals surface area (Å²) >= 11 is 0. The van der Waals surface area contributed by atoms with E-state index in [9.17, 15) is 9.59 Å². The van der Waals surface area contributed by atoms with Crippen molar-refractivity contribution in [2.24, 2.45) is 0 Å². The van der Waals surface area contributed by atoms with Crippen LogP contribution in [0.3, 0.4) is 0 Å². The molecule has 0 radical (unpaired) electrons. The molecule has 2 aromatic carbocycles. The van der Waals surface area contributed by atoms with Crippen LogP contribution in [0.2, 0.25) is 0 Å². The molecule has 0 aliphatic heterocycles. The van der Waals surface area contributed by atoms with E-state index in [-0.39, 0.29) is 18.4 Å². The highest BCUT2D eigenvalue weighted by atomic mass is 16.5. The number of nitrogens with zero attached hydrogens (tertiary/aromatic N) is 1. The first kappa shape index (κ1) is 19.3. The summed E-state index contributed by atoms with van der Waals surface area (Å²) < 4.78 is 10.7. The van der Waals surface area contributed by atoms with Crippen LogP contribution in [0.15, 0.2) is 48.5 Å². The molecule has 0 heterocycles. The maximum absolute atomic E-state index is 12.3. The molecule has 6 heteroatoms. The van der Waals surface area contributed by atoms with Gasteiger partial charge in [0.1, 0.15) is 0 Å². The van der Waals surface area contributed by atoms with Crippen LogP contribution in [-0.4, -0.2) is 43.5 Å². The molecular formula is C20H24N2O4. The zero-order valence-electron chi connectivity index (χ0n) is 15.3. The molecule has 0 aliphatic rings. The lowest BCUT2D eigenvalue weighted by Gasteiger charge is -2.18. The lowest BCUT2D eigenvalue weighted by molar-refractivity contribution is -0.118. The molecule has 0 unspecified atom stereocenters. The number of ether oxygens (including phenoxy) is 2. The molecule has 0 saturated heterocycles. The van der Waals surface area contributed by atoms with Gasteiger partial charge >= 0.3 is 0 Å². The molecule has 6 nitrogen and oxygen atoms in total. The second kappa shape index (κ2) is 9.46. The number of para-hydroxylation sites is 2. The van der Waals surface area contributed by atoms with Gasteiger partial charge in [0, 0.05) is 24.3 Å². The van der Waals surface area contributed by atoms with Crippen LogP contribution < -0.4 is 14.8 Å². The molecule has 0 aliphatic carbocycles. The third kappa shape index (κ3) is 4.99. The van der Waals surface area contributed by atoms with E-state index in [2.05, 4.69) is 5.32 Å². The van der Waals surface area contributed by atoms with E-state index in [1.165, 1.54) is 0 Å². The summed E-state index contributed by atoms with van der Waals surface area (Å²) in [5.41, 5.74) is 1.20. The van der Waals surface area contributed by atoms with Gasteiger partial charge in [0.25, 0.3) is 11.8 Å². The third-order valence-corrected chi connectivity index (χ3v) is 3.89. The van der Waals surface area contributed by atoms with Crippen molar-refractivity contribution >= 4 is 17.5 Å². The fourth-order valence-electron chi connectivity index (χ4n) is 2.47. The van der Waals surface area contributed by atoms with Crippen molar-refractivity contribution in [3.05, 3.63) is 54.1 Å². The SMILES string of the molecule is CCN(CC)C(=O)c1ccc(NC(=O)COc2ccccc2OC)cc1. The van der Waals surface area contributed by atoms with Gasteiger partial charge in [-0.05, 0) is 50.2 Å². The second-order valence-corrected chi connectivity index (χ2v) is 5.54. The number of carbonyl (C=O) groups is 2. The van der Waals surface area contributed by atoms with Crippen molar-refractivity contribution in [2.75, 3.05) is 32.1 Å². The Morgan fingerprint density at radius 3 is 2.15 bits per heavy atom. The van der Waals surface area contributed by atoms with Crippen molar-refractivity contribution in [3.63, 3.8) is 0 Å². The molecule has 0 atom stereocenters. The Morgan fingerprint density at radius 1 is 0.962 bits per heavy atom. The van der Waals surface area contributed by atoms with Crippen LogP contribution in [0, 0.1) is 0 Å². The predicted octanol–water partition coefficient (Wildman–Crippen LogP) is 3.19. The van der Waals surface area contributed by atoms with Crippen molar-refractivity contribution in [1.82, 2.24) is 4.90 Å². The van der Waals surface area contributed by atoms with Gasteiger partial charge in [-0.2, -0.15) is 0 Å². The lowest BCUT2D eigenvalue weighted by atomic mass is 10.2. The molecule has 2 rings (SSSR count). The number of nitrogens with one attached hydrogen (secondary N) is 1. The minimum atomic E-state index is -0.293. The molecular weight excluding hydrogens is 332 g/mol. The molecule has 138 valence electrons. The van der Waals surface area contributed by atoms with Crippen molar-refractivity contribution in [2.45, 2.75) is 13.8 Å². The molecule has 26 heavy (non-hydrogen) atoms. The Morgan fingerprint density at radius 2 is 1.58 bits per heavy atom. The summed E-state index contributed by atoms with van der Waals surface area (Å²) in [5.74, 6) is 0.760. The van der Waals surface area contributed by atoms with Gasteiger partial charge in [-0.1, -0.05) is 12.1 Å². The normalized spacial score (nSPS) is 10.1. The average Bonchev–Trinajstić information content (AvgIpc) is 2.68. The van der Waals surface area contributed by atoms with E-state index in [0.717, 1.165) is 0 Å². The molecule has 0 aromatic heterocycles. The summed E-state index contributed by atoms with van der Waals surface area (Å²) in [6, 6.07) is 14.0. The van der Waals surface area contributed by atoms with E-state index in [0.29, 0.717) is 35.8 Å². The zero-order chi connectivity index (χ0) is 18.9. The Labute approximate surface area is 153 Å². The van der Waals surface area contributed by atoms with Crippen molar-refractivity contribution in [3.8, 4) is 11.5 Å². The number of rotatable bonds is 8. The van der Waals surface area contributed by atoms with Crippen LogP contribution in [-0.2, 0) is 4.79 Å². The Hall–Kier alpha value is -3.02. The second-order valence-electron chi connectivity index (χ2n) is 5.54. The highest BCUT2D eigenvalue weighted by Crippen LogP contribution is 2.25. The zero-order valence-corrected chi connectivity index (χ0v) is 15.3. The first-order chi connectivity index (χ1) is 12.6. The summed E-state index contributed by atoms with van der Waals surface area (Å²) in [6.45, 7) is 5.07. The first-order valence-corrected chi connectivity index (χ1v) is 8.54. The minimum Gasteiger partial charge on any atom is -0.493 e. The molecule has 0 saturated carbocycles. The van der Waals surface area contributed by atoms with Gasteiger partial charge in [-0.25, -0.2) is 0 Å². The van der Waals surface area contributed by atoms with Crippen LogP contribution in [0.4, 0.5) is 5.69 Å². The van der Waals surface area contributed by atoms with E-state index >= 15 is 0 Å². The van der Waals surface area contributed by atoms with Crippen molar-refractivity contribution < 1.29 is 19.1 Å². The van der Waals surface area contributed by atoms with E-state index in [1.54, 1.807) is 54.5 Å². The Balaban J connectivity index is 1.92. The van der Waals surface area contributed by atoms with Crippen LogP contribution in [0.1, 0.15) is 24.2 Å². The van der Waals surface area contributed by atoms with Gasteiger partial charge in [-0.3, -0.25) is 9.59 Å². The highest BCUT2D eigenvalue weighted by Gasteiger charge is 2.12. The number of amides is 2. The first-order valence-electron chi connectivity index (χ1n) is 8.54. The van der Waals surface area contributed by atoms with Gasteiger partial charge in [0.2, 0.25) is 0 Å². The van der Waals surface area contributed by atoms with Gasteiger partial charge in [0.15, 0.2) is 18.1 Å². The minimum absolute atomic E-state index is 0.0209. The standard InChI is InChI=1S/C20H24N2O4/c1-4-22(5-2)20(24)15-10-12-16(13-11-15)21-19(23)14-26-18-9-7-6-8-17(18)25-3/h6-13H,4-5,14H2,1-3H3,(H,21,23). The quantitative estimate of drug-likeness (QED) is 0.789. The number of hydrogen-bond donors (Lipinski definition) is 1. The van der Waals surface area contributed by atoms with Gasteiger partial charge in [0.05, 0.1) is 7.11 Å². The van der Waals surface area contributed by atoms with Crippen LogP contribution >= 0.6 is 0 Å².